The molecule has 0 amide bonds. The van der Waals surface area contributed by atoms with Crippen LogP contribution in [0.4, 0.5) is 0 Å². The average Bonchev–Trinajstić information content (AvgIpc) is 2.71. The van der Waals surface area contributed by atoms with Crippen molar-refractivity contribution in [1.82, 2.24) is 0 Å². The van der Waals surface area contributed by atoms with Gasteiger partial charge in [-0.05, 0) is 37.1 Å². The van der Waals surface area contributed by atoms with Crippen LogP contribution in [0.2, 0.25) is 0 Å². The van der Waals surface area contributed by atoms with Crippen molar-refractivity contribution >= 4 is 12.0 Å². The van der Waals surface area contributed by atoms with E-state index >= 15 is 0 Å². The first-order chi connectivity index (χ1) is 13.6. The second kappa shape index (κ2) is 15.1. The highest BCUT2D eigenvalue weighted by Crippen LogP contribution is 2.16. The first-order valence-corrected chi connectivity index (χ1v) is 10.4. The lowest BCUT2D eigenvalue weighted by atomic mass is 10.1. The molecule has 0 bridgehead atoms. The maximum atomic E-state index is 11.8. The Labute approximate surface area is 169 Å². The zero-order chi connectivity index (χ0) is 20.6. The second-order valence-corrected chi connectivity index (χ2v) is 7.15. The maximum absolute atomic E-state index is 11.8. The highest BCUT2D eigenvalue weighted by molar-refractivity contribution is 5.93. The number of hydrogen-bond donors (Lipinski definition) is 2. The summed E-state index contributed by atoms with van der Waals surface area (Å²) in [5.41, 5.74) is 1.30. The summed E-state index contributed by atoms with van der Waals surface area (Å²) < 4.78 is 10.7. The molecule has 1 rings (SSSR count). The van der Waals surface area contributed by atoms with Gasteiger partial charge < -0.3 is 19.7 Å². The zero-order valence-electron chi connectivity index (χ0n) is 17.4. The van der Waals surface area contributed by atoms with Gasteiger partial charge in [0, 0.05) is 5.57 Å². The first-order valence-electron chi connectivity index (χ1n) is 10.4. The summed E-state index contributed by atoms with van der Waals surface area (Å²) in [7, 11) is 0. The smallest absolute Gasteiger partial charge is 0.333 e. The van der Waals surface area contributed by atoms with E-state index in [2.05, 4.69) is 6.92 Å². The zero-order valence-corrected chi connectivity index (χ0v) is 17.4. The summed E-state index contributed by atoms with van der Waals surface area (Å²) >= 11 is 0. The molecule has 28 heavy (non-hydrogen) atoms. The monoisotopic (exact) mass is 392 g/mol. The van der Waals surface area contributed by atoms with Crippen molar-refractivity contribution < 1.29 is 24.5 Å². The Hall–Kier alpha value is -1.85. The summed E-state index contributed by atoms with van der Waals surface area (Å²) in [6.45, 7) is 3.97. The highest BCUT2D eigenvalue weighted by atomic mass is 16.5. The predicted octanol–water partition coefficient (Wildman–Crippen LogP) is 4.51. The first kappa shape index (κ1) is 24.2. The number of aliphatic hydroxyl groups excluding tert-OH is 2. The van der Waals surface area contributed by atoms with Crippen molar-refractivity contribution in [2.24, 2.45) is 0 Å². The Morgan fingerprint density at radius 2 is 1.64 bits per heavy atom. The molecule has 0 heterocycles. The summed E-state index contributed by atoms with van der Waals surface area (Å²) in [5.74, 6) is 0.314. The Morgan fingerprint density at radius 1 is 1.04 bits per heavy atom. The van der Waals surface area contributed by atoms with Gasteiger partial charge in [0.15, 0.2) is 0 Å². The number of hydrogen-bond acceptors (Lipinski definition) is 5. The van der Waals surface area contributed by atoms with E-state index in [9.17, 15) is 9.90 Å². The molecule has 1 atom stereocenters. The second-order valence-electron chi connectivity index (χ2n) is 7.15. The van der Waals surface area contributed by atoms with E-state index < -0.39 is 18.7 Å². The Morgan fingerprint density at radius 3 is 2.25 bits per heavy atom. The molecule has 158 valence electrons. The van der Waals surface area contributed by atoms with Gasteiger partial charge in [0.05, 0.1) is 13.2 Å². The predicted molar refractivity (Wildman–Crippen MR) is 112 cm³/mol. The largest absolute Gasteiger partial charge is 0.494 e. The van der Waals surface area contributed by atoms with E-state index in [1.54, 1.807) is 13.0 Å². The molecule has 0 aliphatic carbocycles. The van der Waals surface area contributed by atoms with Crippen LogP contribution in [-0.4, -0.2) is 42.1 Å². The lowest BCUT2D eigenvalue weighted by molar-refractivity contribution is -0.142. The van der Waals surface area contributed by atoms with Crippen molar-refractivity contribution in [3.63, 3.8) is 0 Å². The molecule has 0 radical (unpaired) electrons. The van der Waals surface area contributed by atoms with Gasteiger partial charge in [-0.1, -0.05) is 64.0 Å². The molecule has 1 aromatic rings. The molecule has 0 saturated carbocycles. The Balaban J connectivity index is 2.26. The van der Waals surface area contributed by atoms with E-state index in [0.717, 1.165) is 24.3 Å². The molecular weight excluding hydrogens is 356 g/mol. The lowest BCUT2D eigenvalue weighted by Gasteiger charge is -2.09. The number of ether oxygens (including phenoxy) is 2. The van der Waals surface area contributed by atoms with Gasteiger partial charge in [0.1, 0.15) is 18.5 Å². The van der Waals surface area contributed by atoms with Gasteiger partial charge in [-0.15, -0.1) is 0 Å². The van der Waals surface area contributed by atoms with E-state index in [1.807, 2.05) is 24.3 Å². The quantitative estimate of drug-likeness (QED) is 0.261. The van der Waals surface area contributed by atoms with Gasteiger partial charge in [-0.3, -0.25) is 0 Å². The summed E-state index contributed by atoms with van der Waals surface area (Å²) in [5, 5.41) is 17.9. The Kier molecular flexibility index (Phi) is 13.1. The van der Waals surface area contributed by atoms with Gasteiger partial charge >= 0.3 is 5.97 Å². The number of aliphatic hydroxyl groups is 2. The molecule has 0 aliphatic heterocycles. The van der Waals surface area contributed by atoms with Crippen molar-refractivity contribution in [3.05, 3.63) is 35.4 Å². The van der Waals surface area contributed by atoms with Crippen LogP contribution in [0.3, 0.4) is 0 Å². The normalized spacial score (nSPS) is 12.6. The highest BCUT2D eigenvalue weighted by Gasteiger charge is 2.09. The lowest BCUT2D eigenvalue weighted by Crippen LogP contribution is -2.22. The minimum Gasteiger partial charge on any atom is -0.494 e. The summed E-state index contributed by atoms with van der Waals surface area (Å²) in [4.78, 5) is 11.8. The molecule has 0 aliphatic rings. The molecular formula is C23H36O5. The molecule has 1 unspecified atom stereocenters. The van der Waals surface area contributed by atoms with Crippen LogP contribution in [0.5, 0.6) is 5.75 Å². The molecule has 0 fully saturated rings. The van der Waals surface area contributed by atoms with Crippen LogP contribution in [0.25, 0.3) is 6.08 Å². The van der Waals surface area contributed by atoms with Crippen molar-refractivity contribution in [1.29, 1.82) is 0 Å². The fraction of sp³-hybridized carbons (Fsp3) is 0.609. The van der Waals surface area contributed by atoms with Crippen LogP contribution in [0.1, 0.15) is 70.8 Å². The molecule has 0 saturated heterocycles. The van der Waals surface area contributed by atoms with Crippen LogP contribution >= 0.6 is 0 Å². The van der Waals surface area contributed by atoms with Crippen molar-refractivity contribution in [3.8, 4) is 5.75 Å². The number of rotatable bonds is 15. The third-order valence-corrected chi connectivity index (χ3v) is 4.47. The summed E-state index contributed by atoms with van der Waals surface area (Å²) in [6.07, 6.45) is 10.9. The molecule has 5 nitrogen and oxygen atoms in total. The molecule has 0 spiro atoms. The van der Waals surface area contributed by atoms with Gasteiger partial charge in [0.2, 0.25) is 0 Å². The number of unbranched alkanes of at least 4 members (excludes halogenated alkanes) is 7. The van der Waals surface area contributed by atoms with E-state index in [-0.39, 0.29) is 6.61 Å². The molecule has 2 N–H and O–H groups in total. The van der Waals surface area contributed by atoms with Crippen LogP contribution in [0, 0.1) is 0 Å². The fourth-order valence-electron chi connectivity index (χ4n) is 2.73. The SMILES string of the molecule is CCCCCCCCCCOc1ccc(/C=C(\C)C(=O)OCC(O)CO)cc1. The van der Waals surface area contributed by atoms with Crippen molar-refractivity contribution in [2.75, 3.05) is 19.8 Å². The Bertz CT molecular complexity index is 565. The van der Waals surface area contributed by atoms with E-state index in [4.69, 9.17) is 14.6 Å². The number of esters is 1. The number of carbonyl (C=O) groups excluding carboxylic acids is 1. The third kappa shape index (κ3) is 11.1. The van der Waals surface area contributed by atoms with Gasteiger partial charge in [-0.2, -0.15) is 0 Å². The molecule has 5 heteroatoms. The minimum atomic E-state index is -1.05. The summed E-state index contributed by atoms with van der Waals surface area (Å²) in [6, 6.07) is 7.57. The van der Waals surface area contributed by atoms with Crippen LogP contribution in [0.15, 0.2) is 29.8 Å². The van der Waals surface area contributed by atoms with Crippen LogP contribution in [-0.2, 0) is 9.53 Å². The van der Waals surface area contributed by atoms with E-state index in [1.165, 1.54) is 44.9 Å². The number of benzene rings is 1. The van der Waals surface area contributed by atoms with E-state index in [0.29, 0.717) is 5.57 Å². The van der Waals surface area contributed by atoms with Gasteiger partial charge in [-0.25, -0.2) is 4.79 Å². The molecule has 0 aromatic heterocycles. The standard InChI is InChI=1S/C23H36O5/c1-3-4-5-6-7-8-9-10-15-27-22-13-11-20(12-14-22)16-19(2)23(26)28-18-21(25)17-24/h11-14,16,21,24-25H,3-10,15,17-18H2,1-2H3/b19-16+. The fourth-order valence-corrected chi connectivity index (χ4v) is 2.73. The minimum absolute atomic E-state index is 0.216. The number of carbonyl (C=O) groups is 1. The van der Waals surface area contributed by atoms with Crippen LogP contribution < -0.4 is 4.74 Å². The average molecular weight is 393 g/mol. The topological polar surface area (TPSA) is 76.0 Å². The molecule has 1 aromatic carbocycles. The van der Waals surface area contributed by atoms with Gasteiger partial charge in [0.25, 0.3) is 0 Å². The third-order valence-electron chi connectivity index (χ3n) is 4.47. The van der Waals surface area contributed by atoms with Crippen molar-refractivity contribution in [2.45, 2.75) is 71.3 Å². The maximum Gasteiger partial charge on any atom is 0.333 e.